The SMILES string of the molecule is CN=C(NCc1ccc(-n2nc(C)cc2C)nc1)N1CCS(=O)(=O)C(C)(C)C1.I. The summed E-state index contributed by atoms with van der Waals surface area (Å²) in [5, 5.41) is 7.76. The van der Waals surface area contributed by atoms with Crippen molar-refractivity contribution in [2.75, 3.05) is 25.9 Å². The fraction of sp³-hybridized carbons (Fsp3) is 0.526. The van der Waals surface area contributed by atoms with Crippen LogP contribution in [0.15, 0.2) is 29.4 Å². The van der Waals surface area contributed by atoms with Crippen molar-refractivity contribution in [1.82, 2.24) is 25.0 Å². The number of aryl methyl sites for hydroxylation is 2. The molecule has 160 valence electrons. The Labute approximate surface area is 189 Å². The lowest BCUT2D eigenvalue weighted by Crippen LogP contribution is -2.57. The number of nitrogens with one attached hydrogen (secondary N) is 1. The minimum Gasteiger partial charge on any atom is -0.352 e. The van der Waals surface area contributed by atoms with Crippen LogP contribution < -0.4 is 5.32 Å². The molecule has 0 aliphatic carbocycles. The number of nitrogens with zero attached hydrogens (tertiary/aromatic N) is 5. The van der Waals surface area contributed by atoms with Gasteiger partial charge in [0.2, 0.25) is 0 Å². The van der Waals surface area contributed by atoms with Gasteiger partial charge in [0.1, 0.15) is 0 Å². The standard InChI is InChI=1S/C19H28N6O2S.HI/c1-14-10-15(2)25(23-14)17-7-6-16(11-21-17)12-22-18(20-5)24-8-9-28(26,27)19(3,4)13-24;/h6-7,10-11H,8-9,12-13H2,1-5H3,(H,20,22);1H. The Hall–Kier alpha value is -1.69. The molecule has 2 aromatic rings. The van der Waals surface area contributed by atoms with Crippen LogP contribution in [0.3, 0.4) is 0 Å². The summed E-state index contributed by atoms with van der Waals surface area (Å²) >= 11 is 0. The van der Waals surface area contributed by atoms with Crippen molar-refractivity contribution in [1.29, 1.82) is 0 Å². The second-order valence-electron chi connectivity index (χ2n) is 7.76. The van der Waals surface area contributed by atoms with E-state index in [1.165, 1.54) is 0 Å². The summed E-state index contributed by atoms with van der Waals surface area (Å²) in [7, 11) is -1.37. The van der Waals surface area contributed by atoms with Gasteiger partial charge in [0.15, 0.2) is 21.6 Å². The number of aliphatic imine (C=N–C) groups is 1. The van der Waals surface area contributed by atoms with Crippen LogP contribution in [0, 0.1) is 13.8 Å². The molecule has 3 rings (SSSR count). The van der Waals surface area contributed by atoms with E-state index in [1.807, 2.05) is 47.8 Å². The van der Waals surface area contributed by atoms with Crippen LogP contribution in [0.4, 0.5) is 0 Å². The third-order valence-electron chi connectivity index (χ3n) is 5.04. The maximum atomic E-state index is 12.2. The minimum absolute atomic E-state index is 0. The number of guanidine groups is 1. The summed E-state index contributed by atoms with van der Waals surface area (Å²) in [6.45, 7) is 8.92. The molecule has 1 saturated heterocycles. The fourth-order valence-corrected chi connectivity index (χ4v) is 4.71. The van der Waals surface area contributed by atoms with Crippen LogP contribution in [0.2, 0.25) is 0 Å². The van der Waals surface area contributed by atoms with E-state index in [4.69, 9.17) is 0 Å². The van der Waals surface area contributed by atoms with Crippen LogP contribution in [0.1, 0.15) is 30.8 Å². The van der Waals surface area contributed by atoms with Crippen molar-refractivity contribution < 1.29 is 8.42 Å². The number of pyridine rings is 1. The summed E-state index contributed by atoms with van der Waals surface area (Å²) in [5.74, 6) is 1.62. The largest absolute Gasteiger partial charge is 0.352 e. The molecule has 8 nitrogen and oxygen atoms in total. The highest BCUT2D eigenvalue weighted by molar-refractivity contribution is 14.0. The molecule has 0 saturated carbocycles. The highest BCUT2D eigenvalue weighted by Gasteiger charge is 2.40. The van der Waals surface area contributed by atoms with Gasteiger partial charge in [-0.1, -0.05) is 6.07 Å². The van der Waals surface area contributed by atoms with Crippen LogP contribution >= 0.6 is 24.0 Å². The van der Waals surface area contributed by atoms with Gasteiger partial charge in [-0.15, -0.1) is 24.0 Å². The van der Waals surface area contributed by atoms with Crippen LogP contribution in [0.5, 0.6) is 0 Å². The zero-order chi connectivity index (χ0) is 20.5. The molecule has 0 aromatic carbocycles. The molecule has 0 atom stereocenters. The van der Waals surface area contributed by atoms with Gasteiger partial charge in [-0.05, 0) is 45.4 Å². The predicted octanol–water partition coefficient (Wildman–Crippen LogP) is 2.09. The molecule has 0 bridgehead atoms. The van der Waals surface area contributed by atoms with E-state index in [1.54, 1.807) is 20.9 Å². The Balaban J connectivity index is 0.00000300. The Morgan fingerprint density at radius 3 is 2.55 bits per heavy atom. The van der Waals surface area contributed by atoms with Crippen molar-refractivity contribution in [2.45, 2.75) is 39.0 Å². The molecule has 29 heavy (non-hydrogen) atoms. The van der Waals surface area contributed by atoms with E-state index in [-0.39, 0.29) is 29.7 Å². The smallest absolute Gasteiger partial charge is 0.193 e. The quantitative estimate of drug-likeness (QED) is 0.370. The number of aromatic nitrogens is 3. The second-order valence-corrected chi connectivity index (χ2v) is 10.5. The van der Waals surface area contributed by atoms with Crippen molar-refractivity contribution in [3.8, 4) is 5.82 Å². The van der Waals surface area contributed by atoms with E-state index in [0.717, 1.165) is 22.8 Å². The first-order valence-electron chi connectivity index (χ1n) is 9.29. The van der Waals surface area contributed by atoms with Crippen molar-refractivity contribution in [3.63, 3.8) is 0 Å². The third kappa shape index (κ3) is 5.08. The van der Waals surface area contributed by atoms with Crippen molar-refractivity contribution in [3.05, 3.63) is 41.3 Å². The number of hydrogen-bond acceptors (Lipinski definition) is 5. The molecule has 0 unspecified atom stereocenters. The Morgan fingerprint density at radius 2 is 2.03 bits per heavy atom. The fourth-order valence-electron chi connectivity index (χ4n) is 3.35. The summed E-state index contributed by atoms with van der Waals surface area (Å²) in [4.78, 5) is 10.8. The van der Waals surface area contributed by atoms with E-state index < -0.39 is 14.6 Å². The van der Waals surface area contributed by atoms with Crippen molar-refractivity contribution >= 4 is 39.8 Å². The lowest BCUT2D eigenvalue weighted by molar-refractivity contribution is 0.353. The third-order valence-corrected chi connectivity index (χ3v) is 7.57. The zero-order valence-corrected chi connectivity index (χ0v) is 20.7. The second kappa shape index (κ2) is 8.99. The molecule has 10 heteroatoms. The monoisotopic (exact) mass is 532 g/mol. The highest BCUT2D eigenvalue weighted by Crippen LogP contribution is 2.23. The Kier molecular flexibility index (Phi) is 7.31. The first-order chi connectivity index (χ1) is 13.1. The first-order valence-corrected chi connectivity index (χ1v) is 10.9. The molecule has 3 heterocycles. The molecule has 2 aromatic heterocycles. The summed E-state index contributed by atoms with van der Waals surface area (Å²) in [6.07, 6.45) is 1.82. The van der Waals surface area contributed by atoms with E-state index in [9.17, 15) is 8.42 Å². The highest BCUT2D eigenvalue weighted by atomic mass is 127. The average molecular weight is 532 g/mol. The molecule has 1 aliphatic rings. The molecule has 0 amide bonds. The van der Waals surface area contributed by atoms with E-state index >= 15 is 0 Å². The molecular weight excluding hydrogens is 503 g/mol. The predicted molar refractivity (Wildman–Crippen MR) is 126 cm³/mol. The maximum absolute atomic E-state index is 12.2. The van der Waals surface area contributed by atoms with Crippen LogP contribution in [0.25, 0.3) is 5.82 Å². The average Bonchev–Trinajstić information content (AvgIpc) is 2.97. The van der Waals surface area contributed by atoms with Gasteiger partial charge in [-0.2, -0.15) is 5.10 Å². The maximum Gasteiger partial charge on any atom is 0.193 e. The van der Waals surface area contributed by atoms with Gasteiger partial charge in [0.25, 0.3) is 0 Å². The lowest BCUT2D eigenvalue weighted by atomic mass is 10.2. The van der Waals surface area contributed by atoms with E-state index in [0.29, 0.717) is 25.6 Å². The zero-order valence-electron chi connectivity index (χ0n) is 17.5. The van der Waals surface area contributed by atoms with Gasteiger partial charge in [0, 0.05) is 38.6 Å². The minimum atomic E-state index is -3.08. The summed E-state index contributed by atoms with van der Waals surface area (Å²) in [5.41, 5.74) is 3.01. The molecule has 1 N–H and O–H groups in total. The Morgan fingerprint density at radius 1 is 1.31 bits per heavy atom. The van der Waals surface area contributed by atoms with Gasteiger partial charge in [0.05, 0.1) is 16.2 Å². The normalized spacial score (nSPS) is 18.2. The molecular formula is C19H29IN6O2S. The molecule has 1 fully saturated rings. The molecule has 0 radical (unpaired) electrons. The number of sulfone groups is 1. The number of halogens is 1. The van der Waals surface area contributed by atoms with Gasteiger partial charge in [-0.25, -0.2) is 18.1 Å². The Bertz CT molecular complexity index is 983. The van der Waals surface area contributed by atoms with Gasteiger partial charge < -0.3 is 10.2 Å². The summed E-state index contributed by atoms with van der Waals surface area (Å²) in [6, 6.07) is 5.96. The molecule has 1 aliphatic heterocycles. The van der Waals surface area contributed by atoms with Gasteiger partial charge in [-0.3, -0.25) is 4.99 Å². The van der Waals surface area contributed by atoms with Crippen molar-refractivity contribution in [2.24, 2.45) is 4.99 Å². The summed E-state index contributed by atoms with van der Waals surface area (Å²) < 4.78 is 25.5. The van der Waals surface area contributed by atoms with Crippen LogP contribution in [-0.2, 0) is 16.4 Å². The number of rotatable bonds is 3. The van der Waals surface area contributed by atoms with Crippen LogP contribution in [-0.4, -0.2) is 64.7 Å². The lowest BCUT2D eigenvalue weighted by Gasteiger charge is -2.39. The van der Waals surface area contributed by atoms with Gasteiger partial charge >= 0.3 is 0 Å². The number of hydrogen-bond donors (Lipinski definition) is 1. The topological polar surface area (TPSA) is 92.5 Å². The van der Waals surface area contributed by atoms with E-state index in [2.05, 4.69) is 20.4 Å². The molecule has 0 spiro atoms. The first kappa shape index (κ1) is 23.6.